The van der Waals surface area contributed by atoms with Gasteiger partial charge in [0.05, 0.1) is 37.7 Å². The fraction of sp³-hybridized carbons (Fsp3) is 0.581. The number of rotatable bonds is 8. The number of likely N-dealkylation sites (tertiary alicyclic amines) is 1. The number of likely N-dealkylation sites (N-methyl/N-ethyl adjacent to an activating group) is 3. The molecule has 0 bridgehead atoms. The SMILES string of the molecule is CCN(CC1(C(=O)OC)C(=O)C(C(=O)OC)C(c2ccccn2)N(C)C1c1ccccn1)C1(C)CN(C)CCN(C)C1. The van der Waals surface area contributed by atoms with Gasteiger partial charge in [0.1, 0.15) is 5.92 Å². The summed E-state index contributed by atoms with van der Waals surface area (Å²) in [5.41, 5.74) is -1.17. The molecule has 0 saturated carbocycles. The van der Waals surface area contributed by atoms with Gasteiger partial charge >= 0.3 is 11.9 Å². The Hall–Kier alpha value is -3.25. The van der Waals surface area contributed by atoms with Crippen LogP contribution in [0.5, 0.6) is 0 Å². The van der Waals surface area contributed by atoms with Gasteiger partial charge in [0.15, 0.2) is 11.2 Å². The Kier molecular flexibility index (Phi) is 9.77. The molecule has 2 aromatic heterocycles. The second-order valence-corrected chi connectivity index (χ2v) is 11.8. The third-order valence-electron chi connectivity index (χ3n) is 8.98. The number of hydrogen-bond donors (Lipinski definition) is 0. The van der Waals surface area contributed by atoms with Gasteiger partial charge in [0.25, 0.3) is 0 Å². The van der Waals surface area contributed by atoms with Gasteiger partial charge in [-0.15, -0.1) is 0 Å². The number of piperidine rings is 1. The van der Waals surface area contributed by atoms with E-state index in [-0.39, 0.29) is 6.54 Å². The van der Waals surface area contributed by atoms with Crippen LogP contribution in [-0.2, 0) is 23.9 Å². The Morgan fingerprint density at radius 1 is 0.952 bits per heavy atom. The minimum Gasteiger partial charge on any atom is -0.468 e. The van der Waals surface area contributed by atoms with E-state index in [9.17, 15) is 9.59 Å². The lowest BCUT2D eigenvalue weighted by molar-refractivity contribution is -0.182. The molecule has 11 heteroatoms. The van der Waals surface area contributed by atoms with Crippen LogP contribution in [0.3, 0.4) is 0 Å². The highest BCUT2D eigenvalue weighted by molar-refractivity contribution is 6.13. The van der Waals surface area contributed by atoms with Crippen LogP contribution in [0.15, 0.2) is 48.8 Å². The van der Waals surface area contributed by atoms with E-state index in [2.05, 4.69) is 45.7 Å². The van der Waals surface area contributed by atoms with Crippen LogP contribution >= 0.6 is 0 Å². The number of pyridine rings is 2. The third kappa shape index (κ3) is 5.70. The molecular weight excluding hydrogens is 536 g/mol. The monoisotopic (exact) mass is 580 g/mol. The van der Waals surface area contributed by atoms with Crippen molar-refractivity contribution in [2.75, 3.05) is 74.6 Å². The van der Waals surface area contributed by atoms with Crippen LogP contribution in [0.2, 0.25) is 0 Å². The third-order valence-corrected chi connectivity index (χ3v) is 8.98. The van der Waals surface area contributed by atoms with E-state index >= 15 is 4.79 Å². The van der Waals surface area contributed by atoms with E-state index in [4.69, 9.17) is 9.47 Å². The lowest BCUT2D eigenvalue weighted by atomic mass is 9.63. The molecule has 0 radical (unpaired) electrons. The van der Waals surface area contributed by atoms with Gasteiger partial charge in [-0.05, 0) is 58.9 Å². The van der Waals surface area contributed by atoms with Gasteiger partial charge in [0, 0.05) is 50.7 Å². The first-order chi connectivity index (χ1) is 20.0. The minimum atomic E-state index is -1.80. The van der Waals surface area contributed by atoms with Crippen LogP contribution in [0.1, 0.15) is 37.3 Å². The van der Waals surface area contributed by atoms with E-state index in [0.29, 0.717) is 17.9 Å². The van der Waals surface area contributed by atoms with Crippen LogP contribution < -0.4 is 0 Å². The summed E-state index contributed by atoms with van der Waals surface area (Å²) < 4.78 is 10.7. The zero-order valence-electron chi connectivity index (χ0n) is 25.8. The molecule has 4 atom stereocenters. The summed E-state index contributed by atoms with van der Waals surface area (Å²) in [4.78, 5) is 60.6. The van der Waals surface area contributed by atoms with E-state index in [1.807, 2.05) is 37.1 Å². The predicted molar refractivity (Wildman–Crippen MR) is 157 cm³/mol. The second-order valence-electron chi connectivity index (χ2n) is 11.8. The maximum Gasteiger partial charge on any atom is 0.322 e. The highest BCUT2D eigenvalue weighted by Crippen LogP contribution is 2.53. The lowest BCUT2D eigenvalue weighted by Crippen LogP contribution is -2.68. The quantitative estimate of drug-likeness (QED) is 0.336. The Morgan fingerprint density at radius 3 is 2.00 bits per heavy atom. The number of hydrogen-bond acceptors (Lipinski definition) is 11. The van der Waals surface area contributed by atoms with Crippen LogP contribution in [0.4, 0.5) is 0 Å². The maximum absolute atomic E-state index is 15.1. The van der Waals surface area contributed by atoms with Crippen molar-refractivity contribution >= 4 is 17.7 Å². The van der Waals surface area contributed by atoms with E-state index in [1.165, 1.54) is 14.2 Å². The summed E-state index contributed by atoms with van der Waals surface area (Å²) in [6, 6.07) is 9.15. The van der Waals surface area contributed by atoms with Crippen molar-refractivity contribution in [3.8, 4) is 0 Å². The second kappa shape index (κ2) is 12.9. The van der Waals surface area contributed by atoms with E-state index < -0.39 is 46.7 Å². The van der Waals surface area contributed by atoms with Crippen molar-refractivity contribution in [2.24, 2.45) is 11.3 Å². The van der Waals surface area contributed by atoms with Crippen LogP contribution in [0, 0.1) is 11.3 Å². The molecule has 4 rings (SSSR count). The van der Waals surface area contributed by atoms with Gasteiger partial charge < -0.3 is 19.3 Å². The van der Waals surface area contributed by atoms with Gasteiger partial charge in [0.2, 0.25) is 0 Å². The molecule has 11 nitrogen and oxygen atoms in total. The first-order valence-corrected chi connectivity index (χ1v) is 14.4. The predicted octanol–water partition coefficient (Wildman–Crippen LogP) is 1.68. The summed E-state index contributed by atoms with van der Waals surface area (Å²) in [7, 11) is 8.52. The number of nitrogens with zero attached hydrogens (tertiary/aromatic N) is 6. The molecule has 0 spiro atoms. The molecule has 2 fully saturated rings. The molecule has 4 unspecified atom stereocenters. The molecule has 2 aliphatic rings. The highest BCUT2D eigenvalue weighted by atomic mass is 16.5. The molecular formula is C31H44N6O5. The van der Waals surface area contributed by atoms with Gasteiger partial charge in [-0.25, -0.2) is 0 Å². The van der Waals surface area contributed by atoms with Crippen molar-refractivity contribution in [3.05, 3.63) is 60.2 Å². The number of Topliss-reactive ketones (excluding diaryl/α,β-unsaturated/α-hetero) is 1. The number of esters is 2. The molecule has 0 amide bonds. The smallest absolute Gasteiger partial charge is 0.322 e. The Balaban J connectivity index is 1.97. The summed E-state index contributed by atoms with van der Waals surface area (Å²) in [6.07, 6.45) is 3.27. The van der Waals surface area contributed by atoms with E-state index in [1.54, 1.807) is 30.6 Å². The first kappa shape index (κ1) is 31.7. The minimum absolute atomic E-state index is 0.0290. The average Bonchev–Trinajstić information content (AvgIpc) is 3.13. The molecule has 42 heavy (non-hydrogen) atoms. The summed E-state index contributed by atoms with van der Waals surface area (Å²) >= 11 is 0. The molecule has 0 aliphatic carbocycles. The number of ketones is 1. The normalized spacial score (nSPS) is 27.4. The maximum atomic E-state index is 15.1. The molecule has 228 valence electrons. The largest absolute Gasteiger partial charge is 0.468 e. The molecule has 2 saturated heterocycles. The summed E-state index contributed by atoms with van der Waals surface area (Å²) in [6.45, 7) is 8.07. The Bertz CT molecular complexity index is 1230. The highest BCUT2D eigenvalue weighted by Gasteiger charge is 2.66. The number of ether oxygens (including phenoxy) is 2. The standard InChI is InChI=1S/C31H44N6O5/c1-8-37(30(2)19-34(3)17-18-35(4)20-30)21-31(29(40)42-7)26(23-14-10-12-16-33-23)36(5)25(22-13-9-11-15-32-22)24(27(31)38)28(39)41-6/h9-16,24-26H,8,17-21H2,1-7H3. The van der Waals surface area contributed by atoms with E-state index in [0.717, 1.165) is 26.2 Å². The molecule has 2 aliphatic heterocycles. The van der Waals surface area contributed by atoms with Gasteiger partial charge in [-0.1, -0.05) is 19.1 Å². The number of aromatic nitrogens is 2. The Morgan fingerprint density at radius 2 is 1.52 bits per heavy atom. The van der Waals surface area contributed by atoms with Gasteiger partial charge in [-0.3, -0.25) is 34.2 Å². The van der Waals surface area contributed by atoms with Crippen molar-refractivity contribution in [2.45, 2.75) is 31.5 Å². The van der Waals surface area contributed by atoms with Crippen LogP contribution in [0.25, 0.3) is 0 Å². The lowest BCUT2D eigenvalue weighted by Gasteiger charge is -2.54. The van der Waals surface area contributed by atoms with Gasteiger partial charge in [-0.2, -0.15) is 0 Å². The molecule has 2 aromatic rings. The average molecular weight is 581 g/mol. The number of carbonyl (C=O) groups is 3. The summed E-state index contributed by atoms with van der Waals surface area (Å²) in [5.74, 6) is -3.30. The fourth-order valence-electron chi connectivity index (χ4n) is 7.11. The molecule has 0 N–H and O–H groups in total. The number of methoxy groups -OCH3 is 2. The first-order valence-electron chi connectivity index (χ1n) is 14.4. The topological polar surface area (TPSA) is 108 Å². The zero-order valence-corrected chi connectivity index (χ0v) is 25.8. The summed E-state index contributed by atoms with van der Waals surface area (Å²) in [5, 5.41) is 0. The van der Waals surface area contributed by atoms with Crippen molar-refractivity contribution < 1.29 is 23.9 Å². The van der Waals surface area contributed by atoms with Crippen LogP contribution in [-0.4, -0.2) is 127 Å². The van der Waals surface area contributed by atoms with Crippen molar-refractivity contribution in [1.82, 2.24) is 29.6 Å². The van der Waals surface area contributed by atoms with Crippen molar-refractivity contribution in [3.63, 3.8) is 0 Å². The zero-order chi connectivity index (χ0) is 30.7. The molecule has 0 aromatic carbocycles. The molecule has 4 heterocycles. The van der Waals surface area contributed by atoms with Crippen molar-refractivity contribution in [1.29, 1.82) is 0 Å². The number of carbonyl (C=O) groups excluding carboxylic acids is 3. The Labute approximate surface area is 248 Å². The fourth-order valence-corrected chi connectivity index (χ4v) is 7.11.